The summed E-state index contributed by atoms with van der Waals surface area (Å²) in [6, 6.07) is 1.77. The van der Waals surface area contributed by atoms with Gasteiger partial charge in [0.15, 0.2) is 0 Å². The van der Waals surface area contributed by atoms with Crippen molar-refractivity contribution in [3.05, 3.63) is 29.3 Å². The number of nitrogens with one attached hydrogen (secondary N) is 5. The average Bonchev–Trinajstić information content (AvgIpc) is 2.94. The molecular formula is C30H49N7O7. The highest BCUT2D eigenvalue weighted by molar-refractivity contribution is 6.01. The summed E-state index contributed by atoms with van der Waals surface area (Å²) in [6.07, 6.45) is 0.157. The number of carbonyl (C=O) groups is 6. The van der Waals surface area contributed by atoms with Crippen molar-refractivity contribution < 1.29 is 33.5 Å². The first-order chi connectivity index (χ1) is 20.6. The van der Waals surface area contributed by atoms with Crippen LogP contribution in [-0.2, 0) is 35.3 Å². The molecule has 0 aliphatic carbocycles. The summed E-state index contributed by atoms with van der Waals surface area (Å²) in [5.41, 5.74) is 11.6. The molecule has 0 unspecified atom stereocenters. The van der Waals surface area contributed by atoms with E-state index in [9.17, 15) is 28.8 Å². The standard InChI is InChI=1S/C30H49N7O7/c1-16(2)25(37-28(41)23(34-18(5)6)10-11-24(32)38)29(42)35-19(7)26(39)36-21-9-8-20(15-44-30(43)17(3)4)22(14-21)27(40)33-13-12-31/h8-9,14,16-19,23,25,34H,10-13,15,31H2,1-7H3,(H2,32,38)(H,33,40)(H,35,42)(H,36,39)(H,37,41)/t19-,23-,25-/m0/s1. The minimum atomic E-state index is -1.01. The summed E-state index contributed by atoms with van der Waals surface area (Å²) in [7, 11) is 0. The average molecular weight is 620 g/mol. The van der Waals surface area contributed by atoms with Crippen molar-refractivity contribution in [3.63, 3.8) is 0 Å². The van der Waals surface area contributed by atoms with Gasteiger partial charge in [-0.2, -0.15) is 0 Å². The lowest BCUT2D eigenvalue weighted by Crippen LogP contribution is -2.57. The first-order valence-electron chi connectivity index (χ1n) is 14.8. The highest BCUT2D eigenvalue weighted by atomic mass is 16.5. The van der Waals surface area contributed by atoms with Gasteiger partial charge in [-0.25, -0.2) is 0 Å². The zero-order chi connectivity index (χ0) is 33.6. The van der Waals surface area contributed by atoms with Gasteiger partial charge >= 0.3 is 5.97 Å². The summed E-state index contributed by atoms with van der Waals surface area (Å²) >= 11 is 0. The van der Waals surface area contributed by atoms with Gasteiger partial charge in [-0.15, -0.1) is 0 Å². The van der Waals surface area contributed by atoms with E-state index in [2.05, 4.69) is 26.6 Å². The van der Waals surface area contributed by atoms with Crippen LogP contribution in [-0.4, -0.2) is 72.8 Å². The molecule has 0 aromatic heterocycles. The SMILES string of the molecule is CC(C)N[C@@H](CCC(N)=O)C(=O)N[C@H](C(=O)N[C@@H](C)C(=O)Nc1ccc(COC(=O)C(C)C)c(C(=O)NCCN)c1)C(C)C. The fourth-order valence-electron chi connectivity index (χ4n) is 3.98. The number of hydrogen-bond donors (Lipinski definition) is 7. The van der Waals surface area contributed by atoms with Crippen LogP contribution in [0, 0.1) is 11.8 Å². The second-order valence-electron chi connectivity index (χ2n) is 11.5. The molecule has 0 saturated carbocycles. The van der Waals surface area contributed by atoms with Gasteiger partial charge in [-0.3, -0.25) is 28.8 Å². The van der Waals surface area contributed by atoms with Crippen LogP contribution in [0.5, 0.6) is 0 Å². The van der Waals surface area contributed by atoms with Crippen molar-refractivity contribution in [1.82, 2.24) is 21.3 Å². The van der Waals surface area contributed by atoms with E-state index in [1.54, 1.807) is 39.8 Å². The van der Waals surface area contributed by atoms with Gasteiger partial charge < -0.3 is 42.8 Å². The third-order valence-electron chi connectivity index (χ3n) is 6.42. The molecule has 3 atom stereocenters. The second-order valence-corrected chi connectivity index (χ2v) is 11.5. The Bertz CT molecular complexity index is 1170. The van der Waals surface area contributed by atoms with Crippen LogP contribution in [0.1, 0.15) is 77.2 Å². The summed E-state index contributed by atoms with van der Waals surface area (Å²) < 4.78 is 5.28. The van der Waals surface area contributed by atoms with E-state index in [1.807, 2.05) is 13.8 Å². The molecule has 14 heteroatoms. The molecule has 0 saturated heterocycles. The van der Waals surface area contributed by atoms with Crippen LogP contribution < -0.4 is 38.1 Å². The lowest BCUT2D eigenvalue weighted by Gasteiger charge is -2.27. The number of primary amides is 1. The zero-order valence-electron chi connectivity index (χ0n) is 26.7. The Morgan fingerprint density at radius 1 is 0.886 bits per heavy atom. The summed E-state index contributed by atoms with van der Waals surface area (Å²) in [4.78, 5) is 75.2. The first-order valence-corrected chi connectivity index (χ1v) is 14.8. The largest absolute Gasteiger partial charge is 0.461 e. The Morgan fingerprint density at radius 2 is 1.55 bits per heavy atom. The van der Waals surface area contributed by atoms with Crippen molar-refractivity contribution >= 4 is 41.2 Å². The molecule has 1 aromatic rings. The topological polar surface area (TPSA) is 224 Å². The normalized spacial score (nSPS) is 13.2. The monoisotopic (exact) mass is 619 g/mol. The fraction of sp³-hybridized carbons (Fsp3) is 0.600. The quantitative estimate of drug-likeness (QED) is 0.112. The maximum Gasteiger partial charge on any atom is 0.308 e. The minimum absolute atomic E-state index is 0.00593. The third-order valence-corrected chi connectivity index (χ3v) is 6.42. The van der Waals surface area contributed by atoms with Crippen molar-refractivity contribution in [3.8, 4) is 0 Å². The van der Waals surface area contributed by atoms with Crippen LogP contribution >= 0.6 is 0 Å². The predicted molar refractivity (Wildman–Crippen MR) is 166 cm³/mol. The summed E-state index contributed by atoms with van der Waals surface area (Å²) in [6.45, 7) is 12.4. The highest BCUT2D eigenvalue weighted by Crippen LogP contribution is 2.18. The lowest BCUT2D eigenvalue weighted by atomic mass is 10.0. The number of hydrogen-bond acceptors (Lipinski definition) is 9. The van der Waals surface area contributed by atoms with E-state index in [1.165, 1.54) is 13.0 Å². The van der Waals surface area contributed by atoms with E-state index >= 15 is 0 Å². The zero-order valence-corrected chi connectivity index (χ0v) is 26.7. The highest BCUT2D eigenvalue weighted by Gasteiger charge is 2.30. The Morgan fingerprint density at radius 3 is 2.09 bits per heavy atom. The first kappa shape index (κ1) is 38.0. The van der Waals surface area contributed by atoms with Gasteiger partial charge in [0.25, 0.3) is 5.91 Å². The molecule has 1 rings (SSSR count). The van der Waals surface area contributed by atoms with Crippen LogP contribution in [0.3, 0.4) is 0 Å². The number of anilines is 1. The second kappa shape index (κ2) is 18.6. The number of rotatable bonds is 18. The molecule has 44 heavy (non-hydrogen) atoms. The van der Waals surface area contributed by atoms with E-state index < -0.39 is 53.6 Å². The molecule has 14 nitrogen and oxygen atoms in total. The molecule has 0 aliphatic rings. The predicted octanol–water partition coefficient (Wildman–Crippen LogP) is 0.290. The molecule has 0 aliphatic heterocycles. The molecule has 0 spiro atoms. The van der Waals surface area contributed by atoms with Gasteiger partial charge in [0.1, 0.15) is 18.7 Å². The number of amides is 5. The molecule has 0 radical (unpaired) electrons. The summed E-state index contributed by atoms with van der Waals surface area (Å²) in [5.74, 6) is -3.70. The van der Waals surface area contributed by atoms with Crippen molar-refractivity contribution in [2.75, 3.05) is 18.4 Å². The Hall–Kier alpha value is -4.04. The maximum absolute atomic E-state index is 13.2. The van der Waals surface area contributed by atoms with Crippen LogP contribution in [0.4, 0.5) is 5.69 Å². The molecular weight excluding hydrogens is 570 g/mol. The Labute approximate surface area is 259 Å². The fourth-order valence-corrected chi connectivity index (χ4v) is 3.98. The number of carbonyl (C=O) groups excluding carboxylic acids is 6. The number of esters is 1. The molecule has 0 bridgehead atoms. The smallest absolute Gasteiger partial charge is 0.308 e. The molecule has 246 valence electrons. The van der Waals surface area contributed by atoms with Gasteiger partial charge in [0.05, 0.1) is 12.0 Å². The number of benzene rings is 1. The molecule has 5 amide bonds. The Kier molecular flexibility index (Phi) is 16.0. The molecule has 1 aromatic carbocycles. The summed E-state index contributed by atoms with van der Waals surface area (Å²) in [5, 5.41) is 13.8. The van der Waals surface area contributed by atoms with Crippen molar-refractivity contribution in [2.24, 2.45) is 23.3 Å². The molecule has 9 N–H and O–H groups in total. The van der Waals surface area contributed by atoms with Gasteiger partial charge in [-0.1, -0.05) is 47.6 Å². The van der Waals surface area contributed by atoms with E-state index in [0.717, 1.165) is 0 Å². The number of nitrogens with two attached hydrogens (primary N) is 2. The van der Waals surface area contributed by atoms with Gasteiger partial charge in [0.2, 0.25) is 23.6 Å². The lowest BCUT2D eigenvalue weighted by molar-refractivity contribution is -0.148. The van der Waals surface area contributed by atoms with Crippen molar-refractivity contribution in [2.45, 2.75) is 92.1 Å². The molecule has 0 heterocycles. The minimum Gasteiger partial charge on any atom is -0.461 e. The van der Waals surface area contributed by atoms with Gasteiger partial charge in [-0.05, 0) is 31.4 Å². The van der Waals surface area contributed by atoms with E-state index in [4.69, 9.17) is 16.2 Å². The van der Waals surface area contributed by atoms with E-state index in [-0.39, 0.29) is 61.7 Å². The van der Waals surface area contributed by atoms with Gasteiger partial charge in [0, 0.05) is 42.4 Å². The number of ether oxygens (including phenoxy) is 1. The van der Waals surface area contributed by atoms with Crippen LogP contribution in [0.2, 0.25) is 0 Å². The third kappa shape index (κ3) is 13.1. The van der Waals surface area contributed by atoms with Crippen LogP contribution in [0.15, 0.2) is 18.2 Å². The van der Waals surface area contributed by atoms with E-state index in [0.29, 0.717) is 5.56 Å². The van der Waals surface area contributed by atoms with Crippen LogP contribution in [0.25, 0.3) is 0 Å². The Balaban J connectivity index is 3.02. The molecule has 0 fully saturated rings. The van der Waals surface area contributed by atoms with Crippen molar-refractivity contribution in [1.29, 1.82) is 0 Å². The maximum atomic E-state index is 13.2.